The largest absolute Gasteiger partial charge is 0.315 e. The van der Waals surface area contributed by atoms with Crippen LogP contribution in [0.4, 0.5) is 5.69 Å². The first kappa shape index (κ1) is 13.5. The lowest BCUT2D eigenvalue weighted by atomic mass is 10.1. The summed E-state index contributed by atoms with van der Waals surface area (Å²) >= 11 is 3.27. The molecule has 1 heterocycles. The van der Waals surface area contributed by atoms with Crippen LogP contribution in [0.25, 0.3) is 0 Å². The van der Waals surface area contributed by atoms with Crippen molar-refractivity contribution in [2.75, 3.05) is 20.1 Å². The molecule has 1 aliphatic rings. The first-order valence-electron chi connectivity index (χ1n) is 5.91. The first-order valence-corrected chi connectivity index (χ1v) is 6.71. The zero-order chi connectivity index (χ0) is 13.1. The van der Waals surface area contributed by atoms with E-state index in [0.717, 1.165) is 29.5 Å². The molecule has 1 aliphatic heterocycles. The van der Waals surface area contributed by atoms with Gasteiger partial charge >= 0.3 is 0 Å². The smallest absolute Gasteiger partial charge is 0.275 e. The Morgan fingerprint density at radius 1 is 1.61 bits per heavy atom. The van der Waals surface area contributed by atoms with Gasteiger partial charge in [-0.1, -0.05) is 15.9 Å². The van der Waals surface area contributed by atoms with Gasteiger partial charge in [0.2, 0.25) is 0 Å². The van der Waals surface area contributed by atoms with Crippen LogP contribution in [0.15, 0.2) is 22.7 Å². The fourth-order valence-electron chi connectivity index (χ4n) is 2.25. The molecule has 6 heteroatoms. The molecule has 2 rings (SSSR count). The highest BCUT2D eigenvalue weighted by molar-refractivity contribution is 9.10. The third-order valence-corrected chi connectivity index (χ3v) is 3.81. The van der Waals surface area contributed by atoms with E-state index in [1.165, 1.54) is 0 Å². The summed E-state index contributed by atoms with van der Waals surface area (Å²) in [6.07, 6.45) is 1.10. The minimum Gasteiger partial charge on any atom is -0.315 e. The molecule has 1 aromatic carbocycles. The Hall–Kier alpha value is -0.980. The predicted molar refractivity (Wildman–Crippen MR) is 73.5 cm³/mol. The monoisotopic (exact) mass is 313 g/mol. The Bertz CT molecular complexity index is 447. The maximum atomic E-state index is 11.0. The van der Waals surface area contributed by atoms with Crippen LogP contribution >= 0.6 is 15.9 Å². The van der Waals surface area contributed by atoms with Crippen molar-refractivity contribution < 1.29 is 4.92 Å². The molecule has 18 heavy (non-hydrogen) atoms. The van der Waals surface area contributed by atoms with Crippen molar-refractivity contribution in [2.45, 2.75) is 19.0 Å². The lowest BCUT2D eigenvalue weighted by Gasteiger charge is -2.23. The van der Waals surface area contributed by atoms with Gasteiger partial charge in [-0.2, -0.15) is 0 Å². The summed E-state index contributed by atoms with van der Waals surface area (Å²) in [6, 6.07) is 5.70. The molecule has 1 unspecified atom stereocenters. The van der Waals surface area contributed by atoms with Crippen LogP contribution in [0.2, 0.25) is 0 Å². The van der Waals surface area contributed by atoms with E-state index in [1.807, 2.05) is 19.2 Å². The predicted octanol–water partition coefficient (Wildman–Crippen LogP) is 2.15. The minimum absolute atomic E-state index is 0.183. The molecule has 1 atom stereocenters. The standard InChI is InChI=1S/C12H16BrN3O2/c1-15(11-4-5-14-7-11)8-9-2-3-10(13)6-12(9)16(17)18/h2-3,6,11,14H,4-5,7-8H2,1H3. The van der Waals surface area contributed by atoms with Gasteiger partial charge in [-0.15, -0.1) is 0 Å². The Morgan fingerprint density at radius 2 is 2.39 bits per heavy atom. The summed E-state index contributed by atoms with van der Waals surface area (Å²) in [7, 11) is 2.02. The van der Waals surface area contributed by atoms with Crippen LogP contribution in [0.1, 0.15) is 12.0 Å². The van der Waals surface area contributed by atoms with Crippen molar-refractivity contribution in [3.8, 4) is 0 Å². The fraction of sp³-hybridized carbons (Fsp3) is 0.500. The molecule has 0 aliphatic carbocycles. The molecule has 0 spiro atoms. The molecule has 0 amide bonds. The third kappa shape index (κ3) is 3.07. The maximum Gasteiger partial charge on any atom is 0.275 e. The molecular weight excluding hydrogens is 298 g/mol. The quantitative estimate of drug-likeness (QED) is 0.683. The maximum absolute atomic E-state index is 11.0. The number of benzene rings is 1. The summed E-state index contributed by atoms with van der Waals surface area (Å²) in [5.41, 5.74) is 0.944. The summed E-state index contributed by atoms with van der Waals surface area (Å²) in [5.74, 6) is 0. The second-order valence-electron chi connectivity index (χ2n) is 4.59. The van der Waals surface area contributed by atoms with Gasteiger partial charge in [0.15, 0.2) is 0 Å². The van der Waals surface area contributed by atoms with Gasteiger partial charge in [-0.25, -0.2) is 0 Å². The molecule has 1 N–H and O–H groups in total. The van der Waals surface area contributed by atoms with Crippen molar-refractivity contribution in [3.05, 3.63) is 38.3 Å². The topological polar surface area (TPSA) is 58.4 Å². The summed E-state index contributed by atoms with van der Waals surface area (Å²) in [6.45, 7) is 2.59. The average Bonchev–Trinajstić information content (AvgIpc) is 2.84. The van der Waals surface area contributed by atoms with E-state index < -0.39 is 0 Å². The number of nitro benzene ring substituents is 1. The molecule has 0 saturated carbocycles. The second-order valence-corrected chi connectivity index (χ2v) is 5.51. The van der Waals surface area contributed by atoms with Gasteiger partial charge in [0.1, 0.15) is 0 Å². The highest BCUT2D eigenvalue weighted by atomic mass is 79.9. The molecule has 1 saturated heterocycles. The van der Waals surface area contributed by atoms with E-state index in [4.69, 9.17) is 0 Å². The third-order valence-electron chi connectivity index (χ3n) is 3.32. The molecule has 0 bridgehead atoms. The van der Waals surface area contributed by atoms with Crippen molar-refractivity contribution in [1.82, 2.24) is 10.2 Å². The number of nitro groups is 1. The molecule has 1 aromatic rings. The lowest BCUT2D eigenvalue weighted by Crippen LogP contribution is -2.33. The Kier molecular flexibility index (Phi) is 4.31. The second kappa shape index (κ2) is 5.77. The van der Waals surface area contributed by atoms with Crippen LogP contribution in [0, 0.1) is 10.1 Å². The Labute approximate surface area is 114 Å². The van der Waals surface area contributed by atoms with E-state index >= 15 is 0 Å². The number of rotatable bonds is 4. The number of nitrogens with zero attached hydrogens (tertiary/aromatic N) is 2. The van der Waals surface area contributed by atoms with Crippen molar-refractivity contribution in [1.29, 1.82) is 0 Å². The zero-order valence-electron chi connectivity index (χ0n) is 10.2. The molecule has 98 valence electrons. The number of halogens is 1. The van der Waals surface area contributed by atoms with Gasteiger partial charge in [-0.05, 0) is 32.1 Å². The summed E-state index contributed by atoms with van der Waals surface area (Å²) in [5, 5.41) is 14.3. The van der Waals surface area contributed by atoms with Crippen molar-refractivity contribution in [2.24, 2.45) is 0 Å². The van der Waals surface area contributed by atoms with Gasteiger partial charge in [0.25, 0.3) is 5.69 Å². The molecule has 1 fully saturated rings. The van der Waals surface area contributed by atoms with Gasteiger partial charge in [-0.3, -0.25) is 15.0 Å². The van der Waals surface area contributed by atoms with Crippen LogP contribution < -0.4 is 5.32 Å². The van der Waals surface area contributed by atoms with Crippen LogP contribution in [-0.2, 0) is 6.54 Å². The van der Waals surface area contributed by atoms with Gasteiger partial charge < -0.3 is 5.32 Å². The van der Waals surface area contributed by atoms with Crippen LogP contribution in [0.3, 0.4) is 0 Å². The fourth-order valence-corrected chi connectivity index (χ4v) is 2.60. The molecule has 0 radical (unpaired) electrons. The number of nitrogens with one attached hydrogen (secondary N) is 1. The summed E-state index contributed by atoms with van der Waals surface area (Å²) in [4.78, 5) is 12.9. The highest BCUT2D eigenvalue weighted by Gasteiger charge is 2.22. The van der Waals surface area contributed by atoms with Gasteiger partial charge in [0.05, 0.1) is 4.92 Å². The molecule has 0 aromatic heterocycles. The van der Waals surface area contributed by atoms with E-state index in [1.54, 1.807) is 6.07 Å². The van der Waals surface area contributed by atoms with Crippen LogP contribution in [-0.4, -0.2) is 36.0 Å². The normalized spacial score (nSPS) is 19.4. The Balaban J connectivity index is 2.15. The van der Waals surface area contributed by atoms with E-state index in [2.05, 4.69) is 26.1 Å². The van der Waals surface area contributed by atoms with E-state index in [0.29, 0.717) is 12.6 Å². The van der Waals surface area contributed by atoms with Crippen molar-refractivity contribution in [3.63, 3.8) is 0 Å². The molecule has 5 nitrogen and oxygen atoms in total. The van der Waals surface area contributed by atoms with Crippen molar-refractivity contribution >= 4 is 21.6 Å². The first-order chi connectivity index (χ1) is 8.58. The van der Waals surface area contributed by atoms with Crippen LogP contribution in [0.5, 0.6) is 0 Å². The summed E-state index contributed by atoms with van der Waals surface area (Å²) < 4.78 is 0.739. The number of likely N-dealkylation sites (N-methyl/N-ethyl adjacent to an activating group) is 1. The number of hydrogen-bond acceptors (Lipinski definition) is 4. The van der Waals surface area contributed by atoms with Gasteiger partial charge in [0, 0.05) is 35.2 Å². The zero-order valence-corrected chi connectivity index (χ0v) is 11.8. The lowest BCUT2D eigenvalue weighted by molar-refractivity contribution is -0.385. The number of hydrogen-bond donors (Lipinski definition) is 1. The highest BCUT2D eigenvalue weighted by Crippen LogP contribution is 2.25. The van der Waals surface area contributed by atoms with E-state index in [9.17, 15) is 10.1 Å². The van der Waals surface area contributed by atoms with E-state index in [-0.39, 0.29) is 10.6 Å². The molecular formula is C12H16BrN3O2. The minimum atomic E-state index is -0.319. The average molecular weight is 314 g/mol. The Morgan fingerprint density at radius 3 is 3.00 bits per heavy atom. The SMILES string of the molecule is CN(Cc1ccc(Br)cc1[N+](=O)[O-])C1CCNC1.